The molecule has 3 rings (SSSR count). The molecule has 0 saturated heterocycles. The van der Waals surface area contributed by atoms with Gasteiger partial charge in [0.25, 0.3) is 15.9 Å². The third-order valence-corrected chi connectivity index (χ3v) is 5.99. The van der Waals surface area contributed by atoms with Gasteiger partial charge in [-0.2, -0.15) is 0 Å². The largest absolute Gasteiger partial charge is 0.490 e. The second-order valence-electron chi connectivity index (χ2n) is 6.82. The fraction of sp³-hybridized carbons (Fsp3) is 0.182. The van der Waals surface area contributed by atoms with Gasteiger partial charge in [0.05, 0.1) is 24.2 Å². The molecule has 0 saturated carbocycles. The zero-order chi connectivity index (χ0) is 25.3. The summed E-state index contributed by atoms with van der Waals surface area (Å²) in [5.41, 5.74) is 0.782. The summed E-state index contributed by atoms with van der Waals surface area (Å²) in [4.78, 5) is 20.3. The Morgan fingerprint density at radius 3 is 2.49 bits per heavy atom. The van der Waals surface area contributed by atoms with Gasteiger partial charge in [0.2, 0.25) is 5.88 Å². The van der Waals surface area contributed by atoms with E-state index in [0.29, 0.717) is 30.2 Å². The average molecular weight is 518 g/mol. The van der Waals surface area contributed by atoms with Crippen molar-refractivity contribution in [3.63, 3.8) is 0 Å². The van der Waals surface area contributed by atoms with Crippen molar-refractivity contribution in [3.05, 3.63) is 66.5 Å². The molecular weight excluding hydrogens is 494 g/mol. The van der Waals surface area contributed by atoms with Crippen LogP contribution >= 0.6 is 12.2 Å². The second-order valence-corrected chi connectivity index (χ2v) is 8.91. The molecule has 0 aliphatic rings. The van der Waals surface area contributed by atoms with Crippen molar-refractivity contribution in [1.82, 2.24) is 15.3 Å². The van der Waals surface area contributed by atoms with Crippen LogP contribution in [0.1, 0.15) is 10.4 Å². The molecule has 184 valence electrons. The van der Waals surface area contributed by atoms with Crippen LogP contribution < -0.4 is 24.8 Å². The van der Waals surface area contributed by atoms with E-state index < -0.39 is 15.9 Å². The number of methoxy groups -OCH3 is 2. The lowest BCUT2D eigenvalue weighted by atomic mass is 10.2. The number of nitrogens with one attached hydrogen (secondary N) is 3. The molecule has 2 aromatic carbocycles. The van der Waals surface area contributed by atoms with Crippen LogP contribution in [0.15, 0.2) is 65.8 Å². The molecule has 0 atom stereocenters. The van der Waals surface area contributed by atoms with Crippen molar-refractivity contribution >= 4 is 44.8 Å². The molecule has 0 aliphatic heterocycles. The molecule has 35 heavy (non-hydrogen) atoms. The number of para-hydroxylation sites is 1. The number of nitrogens with zero attached hydrogens (tertiary/aromatic N) is 2. The minimum Gasteiger partial charge on any atom is -0.490 e. The lowest BCUT2D eigenvalue weighted by Gasteiger charge is -2.13. The van der Waals surface area contributed by atoms with Gasteiger partial charge in [0.15, 0.2) is 5.11 Å². The Morgan fingerprint density at radius 1 is 1.03 bits per heavy atom. The highest BCUT2D eigenvalue weighted by Gasteiger charge is 2.17. The first-order valence-electron chi connectivity index (χ1n) is 10.1. The highest BCUT2D eigenvalue weighted by Crippen LogP contribution is 2.20. The lowest BCUT2D eigenvalue weighted by molar-refractivity contribution is 0.0970. The van der Waals surface area contributed by atoms with Crippen molar-refractivity contribution in [1.29, 1.82) is 0 Å². The molecule has 11 nitrogen and oxygen atoms in total. The fourth-order valence-electron chi connectivity index (χ4n) is 2.77. The topological polar surface area (TPSA) is 141 Å². The van der Waals surface area contributed by atoms with Crippen LogP contribution in [-0.4, -0.2) is 56.8 Å². The van der Waals surface area contributed by atoms with Crippen molar-refractivity contribution < 1.29 is 27.4 Å². The van der Waals surface area contributed by atoms with Crippen LogP contribution in [-0.2, 0) is 14.8 Å². The Labute approximate surface area is 207 Å². The van der Waals surface area contributed by atoms with Gasteiger partial charge in [-0.3, -0.25) is 14.8 Å². The van der Waals surface area contributed by atoms with Crippen molar-refractivity contribution in [3.8, 4) is 11.6 Å². The molecule has 0 bridgehead atoms. The quantitative estimate of drug-likeness (QED) is 0.271. The Bertz CT molecular complexity index is 1290. The highest BCUT2D eigenvalue weighted by molar-refractivity contribution is 7.92. The van der Waals surface area contributed by atoms with E-state index in [4.69, 9.17) is 26.4 Å². The summed E-state index contributed by atoms with van der Waals surface area (Å²) in [5, 5.41) is 5.45. The fourth-order valence-corrected chi connectivity index (χ4v) is 3.98. The number of benzene rings is 2. The molecule has 1 heterocycles. The van der Waals surface area contributed by atoms with E-state index in [1.54, 1.807) is 31.4 Å². The van der Waals surface area contributed by atoms with Crippen LogP contribution in [0.25, 0.3) is 0 Å². The molecule has 3 aromatic rings. The van der Waals surface area contributed by atoms with Gasteiger partial charge in [-0.25, -0.2) is 18.4 Å². The first kappa shape index (κ1) is 25.8. The number of hydrogen-bond acceptors (Lipinski definition) is 9. The summed E-state index contributed by atoms with van der Waals surface area (Å²) >= 11 is 5.22. The molecule has 0 unspecified atom stereocenters. The summed E-state index contributed by atoms with van der Waals surface area (Å²) < 4.78 is 43.1. The number of aromatic nitrogens is 2. The average Bonchev–Trinajstić information content (AvgIpc) is 2.84. The van der Waals surface area contributed by atoms with Crippen molar-refractivity contribution in [2.45, 2.75) is 4.90 Å². The van der Waals surface area contributed by atoms with Crippen LogP contribution in [0, 0.1) is 0 Å². The first-order chi connectivity index (χ1) is 16.8. The Morgan fingerprint density at radius 2 is 1.77 bits per heavy atom. The normalized spacial score (nSPS) is 10.8. The van der Waals surface area contributed by atoms with E-state index in [1.807, 2.05) is 0 Å². The third kappa shape index (κ3) is 7.34. The molecule has 1 aromatic heterocycles. The number of sulfonamides is 1. The molecule has 13 heteroatoms. The van der Waals surface area contributed by atoms with Gasteiger partial charge in [-0.05, 0) is 48.6 Å². The summed E-state index contributed by atoms with van der Waals surface area (Å²) in [6, 6.07) is 13.9. The van der Waals surface area contributed by atoms with E-state index >= 15 is 0 Å². The van der Waals surface area contributed by atoms with Gasteiger partial charge in [0, 0.05) is 18.9 Å². The van der Waals surface area contributed by atoms with Crippen LogP contribution in [0.2, 0.25) is 0 Å². The lowest BCUT2D eigenvalue weighted by Crippen LogP contribution is -2.34. The predicted molar refractivity (Wildman–Crippen MR) is 133 cm³/mol. The zero-order valence-corrected chi connectivity index (χ0v) is 20.5. The molecule has 1 amide bonds. The monoisotopic (exact) mass is 517 g/mol. The number of amides is 1. The van der Waals surface area contributed by atoms with E-state index in [-0.39, 0.29) is 21.7 Å². The summed E-state index contributed by atoms with van der Waals surface area (Å²) in [5.74, 6) is 0.221. The minimum absolute atomic E-state index is 0.00211. The van der Waals surface area contributed by atoms with Crippen LogP contribution in [0.5, 0.6) is 11.6 Å². The van der Waals surface area contributed by atoms with Gasteiger partial charge in [-0.15, -0.1) is 0 Å². The summed E-state index contributed by atoms with van der Waals surface area (Å²) in [6.45, 7) is 0.669. The number of hydrogen-bond donors (Lipinski definition) is 3. The maximum absolute atomic E-state index is 12.6. The number of carbonyl (C=O) groups is 1. The Kier molecular flexibility index (Phi) is 8.89. The number of anilines is 2. The maximum Gasteiger partial charge on any atom is 0.263 e. The van der Waals surface area contributed by atoms with Gasteiger partial charge < -0.3 is 19.5 Å². The van der Waals surface area contributed by atoms with E-state index in [0.717, 1.165) is 0 Å². The van der Waals surface area contributed by atoms with Gasteiger partial charge >= 0.3 is 0 Å². The van der Waals surface area contributed by atoms with Gasteiger partial charge in [0.1, 0.15) is 24.5 Å². The van der Waals surface area contributed by atoms with Gasteiger partial charge in [-0.1, -0.05) is 12.1 Å². The first-order valence-corrected chi connectivity index (χ1v) is 12.0. The molecule has 0 fully saturated rings. The summed E-state index contributed by atoms with van der Waals surface area (Å²) in [6.07, 6.45) is 1.18. The Hall–Kier alpha value is -3.81. The van der Waals surface area contributed by atoms with Crippen molar-refractivity contribution in [2.24, 2.45) is 0 Å². The smallest absolute Gasteiger partial charge is 0.263 e. The number of carbonyl (C=O) groups excluding carboxylic acids is 1. The minimum atomic E-state index is -3.90. The number of ether oxygens (including phenoxy) is 3. The molecule has 0 radical (unpaired) electrons. The van der Waals surface area contributed by atoms with E-state index in [9.17, 15) is 13.2 Å². The van der Waals surface area contributed by atoms with E-state index in [2.05, 4.69) is 25.3 Å². The second kappa shape index (κ2) is 12.1. The summed E-state index contributed by atoms with van der Waals surface area (Å²) in [7, 11) is -0.935. The molecular formula is C22H23N5O6S2. The molecule has 0 spiro atoms. The van der Waals surface area contributed by atoms with Crippen LogP contribution in [0.4, 0.5) is 11.5 Å². The van der Waals surface area contributed by atoms with E-state index in [1.165, 1.54) is 43.8 Å². The third-order valence-electron chi connectivity index (χ3n) is 4.42. The predicted octanol–water partition coefficient (Wildman–Crippen LogP) is 2.44. The number of thiocarbonyl (C=S) groups is 1. The standard InChI is InChI=1S/C22H23N5O6S2/c1-31-11-12-33-18-6-4-3-5-17(18)21(28)26-22(34)25-15-7-9-16(10-8-15)35(29,30)27-19-13-20(32-2)24-14-23-19/h3-10,13-14H,11-12H2,1-2H3,(H,23,24,27)(H2,25,26,28,34). The van der Waals surface area contributed by atoms with Crippen molar-refractivity contribution in [2.75, 3.05) is 37.5 Å². The molecule has 0 aliphatic carbocycles. The zero-order valence-electron chi connectivity index (χ0n) is 18.8. The Balaban J connectivity index is 1.61. The maximum atomic E-state index is 12.6. The molecule has 3 N–H and O–H groups in total. The number of rotatable bonds is 10. The highest BCUT2D eigenvalue weighted by atomic mass is 32.2. The SMILES string of the molecule is COCCOc1ccccc1C(=O)NC(=S)Nc1ccc(S(=O)(=O)Nc2cc(OC)ncn2)cc1. The van der Waals surface area contributed by atoms with Crippen LogP contribution in [0.3, 0.4) is 0 Å².